The fourth-order valence-corrected chi connectivity index (χ4v) is 5.84. The lowest BCUT2D eigenvalue weighted by Gasteiger charge is -2.23. The Kier molecular flexibility index (Phi) is 5.29. The van der Waals surface area contributed by atoms with Crippen LogP contribution in [0.1, 0.15) is 35.4 Å². The summed E-state index contributed by atoms with van der Waals surface area (Å²) >= 11 is 13.7. The quantitative estimate of drug-likeness (QED) is 0.251. The van der Waals surface area contributed by atoms with Crippen LogP contribution in [0.25, 0.3) is 38.8 Å². The van der Waals surface area contributed by atoms with E-state index in [1.807, 2.05) is 60.8 Å². The molecule has 4 nitrogen and oxygen atoms in total. The third kappa shape index (κ3) is 3.56. The number of halogens is 2. The van der Waals surface area contributed by atoms with Gasteiger partial charge in [0.15, 0.2) is 10.6 Å². The monoisotopic (exact) mass is 503 g/mol. The van der Waals surface area contributed by atoms with Crippen LogP contribution in [0.15, 0.2) is 58.7 Å². The number of benzene rings is 2. The summed E-state index contributed by atoms with van der Waals surface area (Å²) in [5.41, 5.74) is 7.37. The maximum Gasteiger partial charge on any atom is 0.268 e. The van der Waals surface area contributed by atoms with Gasteiger partial charge in [-0.05, 0) is 78.8 Å². The number of pyridine rings is 1. The van der Waals surface area contributed by atoms with Crippen LogP contribution < -0.4 is 5.56 Å². The molecule has 34 heavy (non-hydrogen) atoms. The lowest BCUT2D eigenvalue weighted by atomic mass is 9.84. The summed E-state index contributed by atoms with van der Waals surface area (Å²) in [5, 5.41) is 3.88. The molecule has 0 bridgehead atoms. The molecule has 3 heterocycles. The summed E-state index contributed by atoms with van der Waals surface area (Å²) in [6.07, 6.45) is 4.90. The predicted octanol–water partition coefficient (Wildman–Crippen LogP) is 7.46. The van der Waals surface area contributed by atoms with Crippen molar-refractivity contribution in [3.63, 3.8) is 0 Å². The number of fused-ring (bicyclic) bond motifs is 3. The predicted molar refractivity (Wildman–Crippen MR) is 142 cm³/mol. The van der Waals surface area contributed by atoms with Gasteiger partial charge in [-0.25, -0.2) is 4.98 Å². The van der Waals surface area contributed by atoms with E-state index in [1.54, 1.807) is 4.40 Å². The topological polar surface area (TPSA) is 47.3 Å². The number of aromatic nitrogens is 3. The third-order valence-corrected chi connectivity index (χ3v) is 7.74. The summed E-state index contributed by atoms with van der Waals surface area (Å²) in [5.74, 6) is 0. The van der Waals surface area contributed by atoms with E-state index in [-0.39, 0.29) is 5.56 Å². The molecule has 2 aromatic carbocycles. The van der Waals surface area contributed by atoms with Gasteiger partial charge in [-0.1, -0.05) is 47.5 Å². The van der Waals surface area contributed by atoms with Crippen molar-refractivity contribution in [1.82, 2.24) is 14.4 Å². The van der Waals surface area contributed by atoms with Crippen LogP contribution in [0.2, 0.25) is 10.0 Å². The smallest absolute Gasteiger partial charge is 0.268 e. The Bertz CT molecular complexity index is 1670. The van der Waals surface area contributed by atoms with E-state index in [0.29, 0.717) is 26.0 Å². The van der Waals surface area contributed by atoms with Gasteiger partial charge in [-0.15, -0.1) is 11.3 Å². The number of thiazole rings is 1. The Morgan fingerprint density at radius 1 is 0.971 bits per heavy atom. The van der Waals surface area contributed by atoms with E-state index in [0.717, 1.165) is 58.5 Å². The number of nitrogens with zero attached hydrogens (tertiary/aromatic N) is 3. The Balaban J connectivity index is 1.71. The molecule has 0 atom stereocenters. The second kappa shape index (κ2) is 8.35. The fraction of sp³-hybridized carbons (Fsp3) is 0.148. The summed E-state index contributed by atoms with van der Waals surface area (Å²) in [7, 11) is 0. The van der Waals surface area contributed by atoms with E-state index < -0.39 is 0 Å². The molecule has 1 aliphatic rings. The van der Waals surface area contributed by atoms with Gasteiger partial charge in [0.25, 0.3) is 5.56 Å². The van der Waals surface area contributed by atoms with Crippen LogP contribution in [-0.2, 0) is 6.42 Å². The summed E-state index contributed by atoms with van der Waals surface area (Å²) in [4.78, 5) is 24.2. The second-order valence-corrected chi connectivity index (χ2v) is 10.2. The largest absolute Gasteiger partial charge is 0.268 e. The first-order valence-electron chi connectivity index (χ1n) is 11.1. The molecule has 0 saturated carbocycles. The first-order chi connectivity index (χ1) is 16.5. The van der Waals surface area contributed by atoms with Crippen molar-refractivity contribution in [2.75, 3.05) is 0 Å². The number of hydrogen-bond acceptors (Lipinski definition) is 4. The SMILES string of the molecule is Cc1csc2nc3nc4c(c(-c5ccc(Cl)cc5)c3c(=O)n12)CCC/C4=C\c1ccc(Cl)cc1. The third-order valence-electron chi connectivity index (χ3n) is 6.30. The average molecular weight is 504 g/mol. The molecule has 0 unspecified atom stereocenters. The van der Waals surface area contributed by atoms with Gasteiger partial charge in [0.05, 0.1) is 11.1 Å². The minimum absolute atomic E-state index is 0.0761. The van der Waals surface area contributed by atoms with E-state index in [9.17, 15) is 4.79 Å². The van der Waals surface area contributed by atoms with Crippen molar-refractivity contribution in [1.29, 1.82) is 0 Å². The van der Waals surface area contributed by atoms with Crippen molar-refractivity contribution >= 4 is 62.2 Å². The fourth-order valence-electron chi connectivity index (χ4n) is 4.73. The van der Waals surface area contributed by atoms with Crippen LogP contribution in [0.4, 0.5) is 0 Å². The lowest BCUT2D eigenvalue weighted by Crippen LogP contribution is -2.19. The van der Waals surface area contributed by atoms with Gasteiger partial charge in [-0.2, -0.15) is 4.98 Å². The van der Waals surface area contributed by atoms with Gasteiger partial charge >= 0.3 is 0 Å². The minimum Gasteiger partial charge on any atom is -0.268 e. The van der Waals surface area contributed by atoms with Crippen molar-refractivity contribution in [3.05, 3.63) is 96.8 Å². The first kappa shape index (κ1) is 21.5. The lowest BCUT2D eigenvalue weighted by molar-refractivity contribution is 0.815. The molecule has 5 aromatic rings. The molecule has 0 amide bonds. The number of rotatable bonds is 2. The standard InChI is InChI=1S/C27H19Cl2N3OS/c1-15-14-34-27-31-25-23(26(33)32(15)27)22(17-7-11-20(29)12-8-17)21-4-2-3-18(24(21)30-25)13-16-5-9-19(28)10-6-16/h5-14H,2-4H2,1H3/b18-13+. The van der Waals surface area contributed by atoms with Gasteiger partial charge in [0.1, 0.15) is 0 Å². The molecule has 0 aliphatic heterocycles. The highest BCUT2D eigenvalue weighted by molar-refractivity contribution is 7.15. The molecule has 0 radical (unpaired) electrons. The van der Waals surface area contributed by atoms with Crippen molar-refractivity contribution in [2.45, 2.75) is 26.2 Å². The molecular formula is C27H19Cl2N3OS. The molecule has 0 N–H and O–H groups in total. The molecule has 0 spiro atoms. The normalized spacial score (nSPS) is 14.7. The zero-order chi connectivity index (χ0) is 23.4. The van der Waals surface area contributed by atoms with E-state index in [2.05, 4.69) is 6.08 Å². The van der Waals surface area contributed by atoms with Gasteiger partial charge < -0.3 is 0 Å². The van der Waals surface area contributed by atoms with Gasteiger partial charge in [0.2, 0.25) is 0 Å². The number of hydrogen-bond donors (Lipinski definition) is 0. The number of aryl methyl sites for hydroxylation is 1. The van der Waals surface area contributed by atoms with Crippen molar-refractivity contribution in [2.24, 2.45) is 0 Å². The highest BCUT2D eigenvalue weighted by atomic mass is 35.5. The average Bonchev–Trinajstić information content (AvgIpc) is 3.21. The molecule has 0 saturated heterocycles. The Morgan fingerprint density at radius 3 is 2.41 bits per heavy atom. The Morgan fingerprint density at radius 2 is 1.68 bits per heavy atom. The molecule has 3 aromatic heterocycles. The van der Waals surface area contributed by atoms with Crippen LogP contribution >= 0.6 is 34.5 Å². The van der Waals surface area contributed by atoms with Crippen LogP contribution in [0, 0.1) is 6.92 Å². The van der Waals surface area contributed by atoms with Crippen molar-refractivity contribution in [3.8, 4) is 11.1 Å². The van der Waals surface area contributed by atoms with Crippen LogP contribution in [0.5, 0.6) is 0 Å². The van der Waals surface area contributed by atoms with Gasteiger partial charge in [0, 0.05) is 26.7 Å². The maximum absolute atomic E-state index is 13.8. The summed E-state index contributed by atoms with van der Waals surface area (Å²) < 4.78 is 1.69. The molecule has 0 fully saturated rings. The zero-order valence-electron chi connectivity index (χ0n) is 18.3. The van der Waals surface area contributed by atoms with Gasteiger partial charge in [-0.3, -0.25) is 9.20 Å². The molecule has 168 valence electrons. The minimum atomic E-state index is -0.0761. The van der Waals surface area contributed by atoms with Crippen LogP contribution in [-0.4, -0.2) is 14.4 Å². The molecule has 1 aliphatic carbocycles. The summed E-state index contributed by atoms with van der Waals surface area (Å²) in [6, 6.07) is 15.5. The highest BCUT2D eigenvalue weighted by Gasteiger charge is 2.25. The Hall–Kier alpha value is -2.99. The number of allylic oxidation sites excluding steroid dienone is 1. The van der Waals surface area contributed by atoms with E-state index in [1.165, 1.54) is 11.3 Å². The maximum atomic E-state index is 13.8. The summed E-state index contributed by atoms with van der Waals surface area (Å²) in [6.45, 7) is 1.93. The second-order valence-electron chi connectivity index (χ2n) is 8.51. The van der Waals surface area contributed by atoms with E-state index in [4.69, 9.17) is 33.2 Å². The zero-order valence-corrected chi connectivity index (χ0v) is 20.6. The van der Waals surface area contributed by atoms with E-state index >= 15 is 0 Å². The molecule has 7 heteroatoms. The highest BCUT2D eigenvalue weighted by Crippen LogP contribution is 2.40. The molecule has 6 rings (SSSR count). The van der Waals surface area contributed by atoms with Crippen LogP contribution in [0.3, 0.4) is 0 Å². The Labute approximate surface area is 210 Å². The molecular weight excluding hydrogens is 485 g/mol. The van der Waals surface area contributed by atoms with Crippen molar-refractivity contribution < 1.29 is 0 Å². The first-order valence-corrected chi connectivity index (χ1v) is 12.7.